The minimum Gasteiger partial charge on any atom is -0.439 e. The molecule has 1 aliphatic heterocycles. The number of hydrogen-bond acceptors (Lipinski definition) is 7. The van der Waals surface area contributed by atoms with Crippen LogP contribution in [-0.2, 0) is 18.4 Å². The number of aromatic nitrogens is 4. The van der Waals surface area contributed by atoms with Crippen LogP contribution in [0.2, 0.25) is 0 Å². The van der Waals surface area contributed by atoms with Crippen LogP contribution >= 0.6 is 0 Å². The third-order valence-electron chi connectivity index (χ3n) is 8.26. The molecule has 2 fully saturated rings. The van der Waals surface area contributed by atoms with Gasteiger partial charge in [0.05, 0.1) is 11.2 Å². The minimum absolute atomic E-state index is 0.0541. The number of halogens is 3. The molecular weight excluding hydrogens is 525 g/mol. The van der Waals surface area contributed by atoms with E-state index in [-0.39, 0.29) is 24.4 Å². The van der Waals surface area contributed by atoms with Gasteiger partial charge in [0.1, 0.15) is 17.5 Å². The summed E-state index contributed by atoms with van der Waals surface area (Å²) in [6.45, 7) is 4.11. The maximum absolute atomic E-state index is 13.4. The van der Waals surface area contributed by atoms with E-state index in [2.05, 4.69) is 32.3 Å². The quantitative estimate of drug-likeness (QED) is 0.311. The number of ether oxygens (including phenoxy) is 1. The Balaban J connectivity index is 1.07. The van der Waals surface area contributed by atoms with Gasteiger partial charge in [0.15, 0.2) is 11.6 Å². The Morgan fingerprint density at radius 3 is 2.77 bits per heavy atom. The molecule has 0 spiro atoms. The summed E-state index contributed by atoms with van der Waals surface area (Å²) in [6.07, 6.45) is 2.00. The zero-order valence-electron chi connectivity index (χ0n) is 21.7. The smallest absolute Gasteiger partial charge is 0.401 e. The predicted octanol–water partition coefficient (Wildman–Crippen LogP) is 6.04. The van der Waals surface area contributed by atoms with Gasteiger partial charge >= 0.3 is 12.2 Å². The normalized spacial score (nSPS) is 20.4. The average Bonchev–Trinajstić information content (AvgIpc) is 3.82. The van der Waals surface area contributed by atoms with Gasteiger partial charge in [-0.25, -0.2) is 14.8 Å². The van der Waals surface area contributed by atoms with Crippen molar-refractivity contribution in [3.63, 3.8) is 0 Å². The van der Waals surface area contributed by atoms with E-state index in [1.807, 2.05) is 6.07 Å². The van der Waals surface area contributed by atoms with Crippen molar-refractivity contribution in [3.8, 4) is 11.6 Å². The van der Waals surface area contributed by atoms with Crippen molar-refractivity contribution >= 4 is 22.8 Å². The van der Waals surface area contributed by atoms with Gasteiger partial charge in [0.2, 0.25) is 5.88 Å². The Bertz CT molecular complexity index is 1600. The molecule has 4 aromatic rings. The van der Waals surface area contributed by atoms with Crippen molar-refractivity contribution in [2.24, 2.45) is 5.92 Å². The van der Waals surface area contributed by atoms with Crippen LogP contribution in [0.25, 0.3) is 10.9 Å². The molecular formula is C28H27F3N6O3. The van der Waals surface area contributed by atoms with Crippen molar-refractivity contribution in [3.05, 3.63) is 59.9 Å². The molecule has 1 atom stereocenters. The standard InChI is InChI=1S/C28H27F3N6O3/c1-16-10-20-21(14-36(16)13-17-2-3-17)32-15-33-25(20)39-19-4-5-22-18(11-19)6-9-37(22)26(38)34-24-12-23(40-35-24)27(7-8-27)28(29,30)31/h4-6,9,11-12,15-17H,2-3,7-8,10,13-14H2,1H3,(H,34,35,38)/t16-/m0/s1. The molecule has 2 aliphatic carbocycles. The summed E-state index contributed by atoms with van der Waals surface area (Å²) in [5, 5.41) is 6.90. The molecule has 1 aromatic carbocycles. The van der Waals surface area contributed by atoms with E-state index in [0.29, 0.717) is 23.2 Å². The highest BCUT2D eigenvalue weighted by Gasteiger charge is 2.67. The molecule has 0 radical (unpaired) electrons. The van der Waals surface area contributed by atoms with Crippen LogP contribution in [0.4, 0.5) is 23.8 Å². The molecule has 0 unspecified atom stereocenters. The summed E-state index contributed by atoms with van der Waals surface area (Å²) in [6, 6.07) is 8.01. The molecule has 0 saturated heterocycles. The van der Waals surface area contributed by atoms with Gasteiger partial charge in [-0.15, -0.1) is 0 Å². The van der Waals surface area contributed by atoms with Crippen LogP contribution < -0.4 is 10.1 Å². The summed E-state index contributed by atoms with van der Waals surface area (Å²) in [4.78, 5) is 24.3. The summed E-state index contributed by atoms with van der Waals surface area (Å²) < 4.78 is 52.6. The molecule has 9 nitrogen and oxygen atoms in total. The number of nitrogens with zero attached hydrogens (tertiary/aromatic N) is 5. The van der Waals surface area contributed by atoms with Gasteiger partial charge < -0.3 is 9.26 Å². The number of carbonyl (C=O) groups is 1. The van der Waals surface area contributed by atoms with Crippen molar-refractivity contribution < 1.29 is 27.2 Å². The lowest BCUT2D eigenvalue weighted by molar-refractivity contribution is -0.165. The molecule has 208 valence electrons. The fourth-order valence-corrected chi connectivity index (χ4v) is 5.51. The second kappa shape index (κ2) is 9.05. The number of fused-ring (bicyclic) bond motifs is 2. The molecule has 40 heavy (non-hydrogen) atoms. The van der Waals surface area contributed by atoms with E-state index in [0.717, 1.165) is 48.1 Å². The van der Waals surface area contributed by atoms with Crippen molar-refractivity contribution in [2.45, 2.75) is 63.2 Å². The van der Waals surface area contributed by atoms with E-state index >= 15 is 0 Å². The van der Waals surface area contributed by atoms with E-state index < -0.39 is 17.6 Å². The summed E-state index contributed by atoms with van der Waals surface area (Å²) >= 11 is 0. The molecule has 3 aromatic heterocycles. The van der Waals surface area contributed by atoms with Crippen LogP contribution in [0.5, 0.6) is 11.6 Å². The molecule has 12 heteroatoms. The maximum Gasteiger partial charge on any atom is 0.401 e. The largest absolute Gasteiger partial charge is 0.439 e. The van der Waals surface area contributed by atoms with E-state index in [1.54, 1.807) is 24.4 Å². The number of hydrogen-bond donors (Lipinski definition) is 1. The predicted molar refractivity (Wildman–Crippen MR) is 138 cm³/mol. The van der Waals surface area contributed by atoms with Crippen LogP contribution in [0.15, 0.2) is 47.4 Å². The second-order valence-electron chi connectivity index (χ2n) is 11.1. The van der Waals surface area contributed by atoms with Crippen molar-refractivity contribution in [1.29, 1.82) is 0 Å². The summed E-state index contributed by atoms with van der Waals surface area (Å²) in [7, 11) is 0. The van der Waals surface area contributed by atoms with Gasteiger partial charge in [-0.3, -0.25) is 14.8 Å². The third-order valence-corrected chi connectivity index (χ3v) is 8.26. The molecule has 7 rings (SSSR count). The number of alkyl halides is 3. The van der Waals surface area contributed by atoms with Gasteiger partial charge in [-0.2, -0.15) is 13.2 Å². The molecule has 0 bridgehead atoms. The first-order valence-electron chi connectivity index (χ1n) is 13.4. The lowest BCUT2D eigenvalue weighted by atomic mass is 9.99. The Hall–Kier alpha value is -3.93. The minimum atomic E-state index is -4.43. The lowest BCUT2D eigenvalue weighted by Crippen LogP contribution is -2.40. The third kappa shape index (κ3) is 4.40. The fraction of sp³-hybridized carbons (Fsp3) is 0.429. The van der Waals surface area contributed by atoms with Crippen molar-refractivity contribution in [2.75, 3.05) is 11.9 Å². The highest BCUT2D eigenvalue weighted by atomic mass is 19.4. The molecule has 1 amide bonds. The van der Waals surface area contributed by atoms with Gasteiger partial charge in [0, 0.05) is 42.3 Å². The van der Waals surface area contributed by atoms with E-state index in [1.165, 1.54) is 23.7 Å². The Morgan fingerprint density at radius 1 is 1.20 bits per heavy atom. The van der Waals surface area contributed by atoms with Crippen LogP contribution in [0.1, 0.15) is 49.6 Å². The second-order valence-corrected chi connectivity index (χ2v) is 11.1. The molecule has 1 N–H and O–H groups in total. The first-order valence-corrected chi connectivity index (χ1v) is 13.4. The Kier molecular flexibility index (Phi) is 5.67. The number of benzene rings is 1. The Morgan fingerprint density at radius 2 is 2.02 bits per heavy atom. The summed E-state index contributed by atoms with van der Waals surface area (Å²) in [5.41, 5.74) is 0.601. The first kappa shape index (κ1) is 25.1. The van der Waals surface area contributed by atoms with Crippen LogP contribution in [0.3, 0.4) is 0 Å². The fourth-order valence-electron chi connectivity index (χ4n) is 5.51. The van der Waals surface area contributed by atoms with Gasteiger partial charge in [-0.1, -0.05) is 5.16 Å². The number of nitrogens with one attached hydrogen (secondary N) is 1. The highest BCUT2D eigenvalue weighted by molar-refractivity contribution is 5.98. The van der Waals surface area contributed by atoms with Crippen molar-refractivity contribution in [1.82, 2.24) is 24.6 Å². The highest BCUT2D eigenvalue weighted by Crippen LogP contribution is 2.59. The monoisotopic (exact) mass is 552 g/mol. The van der Waals surface area contributed by atoms with Gasteiger partial charge in [-0.05, 0) is 69.2 Å². The van der Waals surface area contributed by atoms with E-state index in [9.17, 15) is 18.0 Å². The number of carbonyl (C=O) groups excluding carboxylic acids is 1. The molecule has 3 aliphatic rings. The van der Waals surface area contributed by atoms with Gasteiger partial charge in [0.25, 0.3) is 0 Å². The number of anilines is 1. The molecule has 4 heterocycles. The zero-order chi connectivity index (χ0) is 27.6. The maximum atomic E-state index is 13.4. The molecule has 2 saturated carbocycles. The number of amides is 1. The zero-order valence-corrected chi connectivity index (χ0v) is 21.7. The first-order chi connectivity index (χ1) is 19.2. The van der Waals surface area contributed by atoms with Crippen LogP contribution in [0, 0.1) is 5.92 Å². The number of rotatable bonds is 6. The SMILES string of the molecule is C[C@H]1Cc2c(ncnc2Oc2ccc3c(ccn3C(=O)Nc3cc(C4(C(F)(F)F)CC4)on3)c2)CN1CC1CC1. The van der Waals surface area contributed by atoms with Crippen LogP contribution in [-0.4, -0.2) is 49.4 Å². The Labute approximate surface area is 227 Å². The summed E-state index contributed by atoms with van der Waals surface area (Å²) in [5.74, 6) is 1.55. The van der Waals surface area contributed by atoms with E-state index in [4.69, 9.17) is 9.26 Å². The lowest BCUT2D eigenvalue weighted by Gasteiger charge is -2.34. The topological polar surface area (TPSA) is 98.3 Å². The average molecular weight is 553 g/mol.